The van der Waals surface area contributed by atoms with Crippen molar-refractivity contribution in [3.05, 3.63) is 53.6 Å². The molecular formula is C20H24N2O3S. The van der Waals surface area contributed by atoms with Crippen LogP contribution in [0.2, 0.25) is 0 Å². The molecule has 0 aromatic heterocycles. The van der Waals surface area contributed by atoms with Gasteiger partial charge in [-0.25, -0.2) is 0 Å². The van der Waals surface area contributed by atoms with Crippen LogP contribution in [0.1, 0.15) is 42.1 Å². The predicted octanol–water partition coefficient (Wildman–Crippen LogP) is 4.34. The molecule has 26 heavy (non-hydrogen) atoms. The van der Waals surface area contributed by atoms with Crippen molar-refractivity contribution >= 4 is 28.9 Å². The third-order valence-corrected chi connectivity index (χ3v) is 4.43. The fraction of sp³-hybridized carbons (Fsp3) is 0.300. The van der Waals surface area contributed by atoms with Gasteiger partial charge in [0.15, 0.2) is 5.11 Å². The van der Waals surface area contributed by atoms with Crippen molar-refractivity contribution in [3.63, 3.8) is 0 Å². The Kier molecular flexibility index (Phi) is 6.97. The second-order valence-electron chi connectivity index (χ2n) is 5.91. The van der Waals surface area contributed by atoms with Crippen LogP contribution in [0, 0.1) is 0 Å². The Hall–Kier alpha value is -2.60. The minimum Gasteiger partial charge on any atom is -0.497 e. The third-order valence-electron chi connectivity index (χ3n) is 4.23. The molecule has 0 aliphatic carbocycles. The molecule has 2 aromatic carbocycles. The second kappa shape index (κ2) is 9.20. The minimum atomic E-state index is -0.349. The van der Waals surface area contributed by atoms with Crippen molar-refractivity contribution in [1.29, 1.82) is 0 Å². The zero-order valence-corrected chi connectivity index (χ0v) is 16.3. The standard InChI is InChI=1S/C20H24N2O3S/c1-5-13(2)14-6-8-15(9-7-14)21-20(26)22-19(23)17-11-10-16(24-3)12-18(17)25-4/h6-13H,5H2,1-4H3,(H2,21,22,23,26)/t13-/m1/s1. The topological polar surface area (TPSA) is 59.6 Å². The number of rotatable bonds is 6. The van der Waals surface area contributed by atoms with Crippen LogP contribution in [0.15, 0.2) is 42.5 Å². The van der Waals surface area contributed by atoms with Crippen molar-refractivity contribution in [2.45, 2.75) is 26.2 Å². The van der Waals surface area contributed by atoms with E-state index in [0.29, 0.717) is 23.0 Å². The zero-order valence-electron chi connectivity index (χ0n) is 15.5. The molecule has 6 heteroatoms. The van der Waals surface area contributed by atoms with Gasteiger partial charge in [0.25, 0.3) is 5.91 Å². The fourth-order valence-electron chi connectivity index (χ4n) is 2.45. The number of carbonyl (C=O) groups excluding carboxylic acids is 1. The zero-order chi connectivity index (χ0) is 19.1. The number of hydrogen-bond acceptors (Lipinski definition) is 4. The van der Waals surface area contributed by atoms with Crippen LogP contribution in [0.4, 0.5) is 5.69 Å². The summed E-state index contributed by atoms with van der Waals surface area (Å²) in [7, 11) is 3.06. The molecule has 1 atom stereocenters. The van der Waals surface area contributed by atoms with Crippen LogP contribution in [0.25, 0.3) is 0 Å². The lowest BCUT2D eigenvalue weighted by Gasteiger charge is -2.13. The summed E-state index contributed by atoms with van der Waals surface area (Å²) in [5.41, 5.74) is 2.48. The second-order valence-corrected chi connectivity index (χ2v) is 6.31. The average Bonchev–Trinajstić information content (AvgIpc) is 2.67. The van der Waals surface area contributed by atoms with Gasteiger partial charge in [-0.05, 0) is 54.4 Å². The minimum absolute atomic E-state index is 0.226. The summed E-state index contributed by atoms with van der Waals surface area (Å²) in [5.74, 6) is 1.19. The Bertz CT molecular complexity index is 775. The van der Waals surface area contributed by atoms with E-state index in [9.17, 15) is 4.79 Å². The van der Waals surface area contributed by atoms with Crippen LogP contribution < -0.4 is 20.1 Å². The number of benzene rings is 2. The van der Waals surface area contributed by atoms with Gasteiger partial charge in [0.1, 0.15) is 11.5 Å². The summed E-state index contributed by atoms with van der Waals surface area (Å²) < 4.78 is 10.4. The number of carbonyl (C=O) groups is 1. The van der Waals surface area contributed by atoms with Crippen LogP contribution >= 0.6 is 12.2 Å². The molecule has 2 N–H and O–H groups in total. The van der Waals surface area contributed by atoms with E-state index in [1.807, 2.05) is 12.1 Å². The summed E-state index contributed by atoms with van der Waals surface area (Å²) >= 11 is 5.24. The Morgan fingerprint density at radius 2 is 1.81 bits per heavy atom. The number of ether oxygens (including phenoxy) is 2. The first-order chi connectivity index (χ1) is 12.5. The Morgan fingerprint density at radius 3 is 2.38 bits per heavy atom. The molecule has 138 valence electrons. The van der Waals surface area contributed by atoms with E-state index in [-0.39, 0.29) is 11.0 Å². The lowest BCUT2D eigenvalue weighted by molar-refractivity contribution is 0.0974. The smallest absolute Gasteiger partial charge is 0.261 e. The maximum Gasteiger partial charge on any atom is 0.261 e. The maximum absolute atomic E-state index is 12.4. The fourth-order valence-corrected chi connectivity index (χ4v) is 2.66. The maximum atomic E-state index is 12.4. The van der Waals surface area contributed by atoms with E-state index >= 15 is 0 Å². The lowest BCUT2D eigenvalue weighted by Crippen LogP contribution is -2.34. The first kappa shape index (κ1) is 19.7. The van der Waals surface area contributed by atoms with E-state index in [1.165, 1.54) is 12.7 Å². The van der Waals surface area contributed by atoms with Crippen molar-refractivity contribution in [3.8, 4) is 11.5 Å². The molecule has 0 unspecified atom stereocenters. The Balaban J connectivity index is 2.02. The quantitative estimate of drug-likeness (QED) is 0.739. The number of amides is 1. The van der Waals surface area contributed by atoms with Gasteiger partial charge in [-0.1, -0.05) is 26.0 Å². The van der Waals surface area contributed by atoms with E-state index in [4.69, 9.17) is 21.7 Å². The highest BCUT2D eigenvalue weighted by Crippen LogP contribution is 2.24. The van der Waals surface area contributed by atoms with E-state index in [2.05, 4.69) is 36.6 Å². The molecule has 5 nitrogen and oxygen atoms in total. The van der Waals surface area contributed by atoms with Gasteiger partial charge in [-0.2, -0.15) is 0 Å². The summed E-state index contributed by atoms with van der Waals surface area (Å²) in [5, 5.41) is 5.91. The molecule has 0 radical (unpaired) electrons. The molecule has 1 amide bonds. The molecule has 0 saturated carbocycles. The van der Waals surface area contributed by atoms with Gasteiger partial charge >= 0.3 is 0 Å². The molecule has 0 saturated heterocycles. The highest BCUT2D eigenvalue weighted by Gasteiger charge is 2.14. The van der Waals surface area contributed by atoms with Gasteiger partial charge in [0.05, 0.1) is 19.8 Å². The highest BCUT2D eigenvalue weighted by molar-refractivity contribution is 7.80. The largest absolute Gasteiger partial charge is 0.497 e. The number of methoxy groups -OCH3 is 2. The van der Waals surface area contributed by atoms with Crippen LogP contribution in [-0.2, 0) is 0 Å². The van der Waals surface area contributed by atoms with Crippen molar-refractivity contribution < 1.29 is 14.3 Å². The van der Waals surface area contributed by atoms with Crippen molar-refractivity contribution in [1.82, 2.24) is 5.32 Å². The van der Waals surface area contributed by atoms with Crippen molar-refractivity contribution in [2.24, 2.45) is 0 Å². The van der Waals surface area contributed by atoms with Gasteiger partial charge in [-0.3, -0.25) is 10.1 Å². The van der Waals surface area contributed by atoms with Crippen LogP contribution in [-0.4, -0.2) is 25.2 Å². The van der Waals surface area contributed by atoms with E-state index in [1.54, 1.807) is 25.3 Å². The molecule has 0 bridgehead atoms. The number of anilines is 1. The SMILES string of the molecule is CC[C@@H](C)c1ccc(NC(=S)NC(=O)c2ccc(OC)cc2OC)cc1. The molecule has 2 rings (SSSR count). The normalized spacial score (nSPS) is 11.4. The first-order valence-electron chi connectivity index (χ1n) is 8.42. The number of hydrogen-bond donors (Lipinski definition) is 2. The number of nitrogens with one attached hydrogen (secondary N) is 2. The monoisotopic (exact) mass is 372 g/mol. The highest BCUT2D eigenvalue weighted by atomic mass is 32.1. The molecule has 2 aromatic rings. The summed E-state index contributed by atoms with van der Waals surface area (Å²) in [6.45, 7) is 4.35. The molecule has 0 heterocycles. The lowest BCUT2D eigenvalue weighted by atomic mass is 9.99. The summed E-state index contributed by atoms with van der Waals surface area (Å²) in [4.78, 5) is 12.4. The Labute approximate surface area is 159 Å². The van der Waals surface area contributed by atoms with Gasteiger partial charge in [0.2, 0.25) is 0 Å². The van der Waals surface area contributed by atoms with Crippen LogP contribution in [0.5, 0.6) is 11.5 Å². The molecular weight excluding hydrogens is 348 g/mol. The molecule has 0 spiro atoms. The Morgan fingerprint density at radius 1 is 1.12 bits per heavy atom. The molecule has 0 aliphatic heterocycles. The molecule has 0 fully saturated rings. The van der Waals surface area contributed by atoms with E-state index in [0.717, 1.165) is 12.1 Å². The first-order valence-corrected chi connectivity index (χ1v) is 8.83. The average molecular weight is 372 g/mol. The summed E-state index contributed by atoms with van der Waals surface area (Å²) in [6, 6.07) is 13.0. The van der Waals surface area contributed by atoms with Crippen molar-refractivity contribution in [2.75, 3.05) is 19.5 Å². The predicted molar refractivity (Wildman–Crippen MR) is 108 cm³/mol. The summed E-state index contributed by atoms with van der Waals surface area (Å²) in [6.07, 6.45) is 1.09. The van der Waals surface area contributed by atoms with Crippen LogP contribution in [0.3, 0.4) is 0 Å². The molecule has 0 aliphatic rings. The number of thiocarbonyl (C=S) groups is 1. The van der Waals surface area contributed by atoms with Gasteiger partial charge in [0, 0.05) is 11.8 Å². The van der Waals surface area contributed by atoms with Gasteiger partial charge < -0.3 is 14.8 Å². The third kappa shape index (κ3) is 4.95. The van der Waals surface area contributed by atoms with Gasteiger partial charge in [-0.15, -0.1) is 0 Å². The van der Waals surface area contributed by atoms with E-state index < -0.39 is 0 Å².